The van der Waals surface area contributed by atoms with Crippen LogP contribution in [0.25, 0.3) is 9.69 Å². The first kappa shape index (κ1) is 77.5. The highest BCUT2D eigenvalue weighted by molar-refractivity contribution is 6.03. The number of fused-ring (bicyclic) bond motifs is 7. The van der Waals surface area contributed by atoms with Crippen LogP contribution in [0.1, 0.15) is 214 Å². The number of hydrogen-bond donors (Lipinski definition) is 0. The number of Topliss-reactive ketones (excluding diaryl/α,β-unsaturated/α-hetero) is 1. The molecule has 4 saturated carbocycles. The molecule has 2 aliphatic heterocycles. The van der Waals surface area contributed by atoms with Gasteiger partial charge < -0.3 is 42.8 Å². The van der Waals surface area contributed by atoms with Gasteiger partial charge in [0.2, 0.25) is 12.6 Å². The molecule has 2 heterocycles. The standard InChI is InChI=1S/C15H18O3.2C14H16O4.C9H10N2.C9H13N.2C7H14O2/c1-4-15(2,3)14(17)18-12-7-5-6-10-8-9-11(16)13(10)12;1-4-14(2,3)13(16)17-10-6-5-9-7-12(15)18-11(9)8-10;1-4-14(2,3)13(16)17-10-7-5-6-9-8-11(15)18-12(9)10;1-11-9-7-3-2-6(4-7)8(9)5-10;1-10-6-9-5-7-2-3-8(9)4-7;2*1-5-7(2,3)6(8)9-4/h5-7H,4,8-9H2,1-3H3;5-6,8H,4,7H2,1-3H3;5-7H,4,8H2,1-3H3;6-9H,2-4H2;7-9H,2-6H2;2*5H2,1-4H3. The molecule has 0 N–H and O–H groups in total. The van der Waals surface area contributed by atoms with Gasteiger partial charge >= 0.3 is 41.8 Å². The summed E-state index contributed by atoms with van der Waals surface area (Å²) in [6.45, 7) is 42.8. The SMILES string of the molecule is CCC(C)(C)C(=O)OC.CCC(C)(C)C(=O)OC.CCC(C)(C)C(=O)Oc1ccc2c(c1)OC(=O)C2.CCC(C)(C)C(=O)Oc1cccc2c1C(=O)CC2.CCC(C)(C)C(=O)Oc1cccc2c1OC(=O)C2.[C-]#[N+]C1C2CCC(C2)C1C#N.[C-]#[N+]CC1CC2CCC1C2. The maximum absolute atomic E-state index is 12.0. The molecule has 3 aromatic rings. The number of nitriles is 1. The molecule has 4 bridgehead atoms. The van der Waals surface area contributed by atoms with E-state index in [1.807, 2.05) is 116 Å². The fourth-order valence-electron chi connectivity index (χ4n) is 11.3. The summed E-state index contributed by atoms with van der Waals surface area (Å²) in [6, 6.07) is 18.0. The lowest BCUT2D eigenvalue weighted by atomic mass is 9.86. The molecule has 4 fully saturated rings. The van der Waals surface area contributed by atoms with E-state index in [4.69, 9.17) is 42.1 Å². The third-order valence-electron chi connectivity index (χ3n) is 19.8. The first-order valence-corrected chi connectivity index (χ1v) is 32.9. The molecule has 7 atom stereocenters. The monoisotopic (exact) mass is 1280 g/mol. The lowest BCUT2D eigenvalue weighted by molar-refractivity contribution is -0.151. The van der Waals surface area contributed by atoms with E-state index in [9.17, 15) is 38.4 Å². The molecule has 7 aliphatic rings. The van der Waals surface area contributed by atoms with Crippen LogP contribution in [0, 0.1) is 87.1 Å². The summed E-state index contributed by atoms with van der Waals surface area (Å²) in [5.74, 6) is 4.27. The lowest BCUT2D eigenvalue weighted by Gasteiger charge is -2.20. The second-order valence-corrected chi connectivity index (χ2v) is 28.3. The molecular formula is C75H101N3O15. The Morgan fingerprint density at radius 2 is 1.04 bits per heavy atom. The van der Waals surface area contributed by atoms with Gasteiger partial charge in [-0.2, -0.15) is 5.26 Å². The number of aryl methyl sites for hydroxylation is 1. The largest absolute Gasteiger partial charge is 0.469 e. The fraction of sp³-hybridized carbons (Fsp3) is 0.613. The van der Waals surface area contributed by atoms with Crippen molar-refractivity contribution in [1.82, 2.24) is 0 Å². The van der Waals surface area contributed by atoms with E-state index in [1.165, 1.54) is 52.7 Å². The van der Waals surface area contributed by atoms with Crippen LogP contribution in [0.5, 0.6) is 28.7 Å². The predicted octanol–water partition coefficient (Wildman–Crippen LogP) is 15.5. The molecule has 0 amide bonds. The van der Waals surface area contributed by atoms with Crippen molar-refractivity contribution in [2.24, 2.45) is 62.6 Å². The summed E-state index contributed by atoms with van der Waals surface area (Å²) in [5.41, 5.74) is 0.959. The van der Waals surface area contributed by atoms with E-state index in [0.29, 0.717) is 71.8 Å². The van der Waals surface area contributed by atoms with Crippen molar-refractivity contribution in [2.75, 3.05) is 20.8 Å². The van der Waals surface area contributed by atoms with E-state index in [1.54, 1.807) is 42.5 Å². The highest BCUT2D eigenvalue weighted by Gasteiger charge is 2.52. The minimum Gasteiger partial charge on any atom is -0.469 e. The first-order chi connectivity index (χ1) is 43.7. The number of rotatable bonds is 14. The second-order valence-electron chi connectivity index (χ2n) is 28.3. The van der Waals surface area contributed by atoms with Gasteiger partial charge in [0.05, 0.1) is 65.8 Å². The Labute approximate surface area is 552 Å². The van der Waals surface area contributed by atoms with Crippen LogP contribution in [-0.2, 0) is 62.3 Å². The number of ether oxygens (including phenoxy) is 7. The molecule has 18 nitrogen and oxygen atoms in total. The molecule has 10 rings (SSSR count). The summed E-state index contributed by atoms with van der Waals surface area (Å²) >= 11 is 0. The third kappa shape index (κ3) is 21.0. The van der Waals surface area contributed by atoms with Crippen molar-refractivity contribution in [3.8, 4) is 34.8 Å². The average molecular weight is 1280 g/mol. The molecule has 0 aromatic heterocycles. The van der Waals surface area contributed by atoms with Gasteiger partial charge in [-0.1, -0.05) is 71.4 Å². The summed E-state index contributed by atoms with van der Waals surface area (Å²) in [5, 5.41) is 8.80. The van der Waals surface area contributed by atoms with Crippen molar-refractivity contribution in [1.29, 1.82) is 5.26 Å². The predicted molar refractivity (Wildman–Crippen MR) is 353 cm³/mol. The summed E-state index contributed by atoms with van der Waals surface area (Å²) in [7, 11) is 2.83. The molecule has 0 radical (unpaired) electrons. The highest BCUT2D eigenvalue weighted by atomic mass is 16.6. The Morgan fingerprint density at radius 3 is 1.52 bits per heavy atom. The zero-order valence-corrected chi connectivity index (χ0v) is 58.2. The number of esters is 7. The minimum atomic E-state index is -0.550. The maximum Gasteiger partial charge on any atom is 0.317 e. The van der Waals surface area contributed by atoms with Crippen LogP contribution in [0.2, 0.25) is 0 Å². The molecular weight excluding hydrogens is 1180 g/mol. The topological polar surface area (TPSA) is 234 Å². The van der Waals surface area contributed by atoms with E-state index < -0.39 is 16.2 Å². The van der Waals surface area contributed by atoms with Crippen LogP contribution < -0.4 is 23.7 Å². The van der Waals surface area contributed by atoms with Gasteiger partial charge in [-0.05, 0) is 188 Å². The molecule has 93 heavy (non-hydrogen) atoms. The van der Waals surface area contributed by atoms with Crippen LogP contribution in [0.15, 0.2) is 54.6 Å². The third-order valence-corrected chi connectivity index (χ3v) is 19.8. The Balaban J connectivity index is 0.000000236. The van der Waals surface area contributed by atoms with Crippen molar-refractivity contribution in [3.63, 3.8) is 0 Å². The number of nitrogens with zero attached hydrogens (tertiary/aromatic N) is 3. The first-order valence-electron chi connectivity index (χ1n) is 32.9. The molecule has 506 valence electrons. The number of para-hydroxylation sites is 1. The Morgan fingerprint density at radius 1 is 0.559 bits per heavy atom. The second kappa shape index (κ2) is 34.3. The Hall–Kier alpha value is -7.91. The van der Waals surface area contributed by atoms with Crippen molar-refractivity contribution in [3.05, 3.63) is 99.7 Å². The molecule has 3 aromatic carbocycles. The summed E-state index contributed by atoms with van der Waals surface area (Å²) in [4.78, 5) is 98.8. The molecule has 0 saturated heterocycles. The fourth-order valence-corrected chi connectivity index (χ4v) is 11.3. The van der Waals surface area contributed by atoms with E-state index in [0.717, 1.165) is 66.7 Å². The van der Waals surface area contributed by atoms with Gasteiger partial charge in [0.15, 0.2) is 17.3 Å². The zero-order valence-electron chi connectivity index (χ0n) is 58.2. The molecule has 7 unspecified atom stereocenters. The van der Waals surface area contributed by atoms with Crippen molar-refractivity contribution < 1.29 is 71.5 Å². The van der Waals surface area contributed by atoms with E-state index in [-0.39, 0.29) is 83.2 Å². The number of benzene rings is 3. The number of carbonyl (C=O) groups excluding carboxylic acids is 8. The lowest BCUT2D eigenvalue weighted by Crippen LogP contribution is -2.28. The molecule has 5 aliphatic carbocycles. The number of methoxy groups -OCH3 is 2. The smallest absolute Gasteiger partial charge is 0.317 e. The van der Waals surface area contributed by atoms with E-state index in [2.05, 4.69) is 25.2 Å². The average Bonchev–Trinajstić information content (AvgIpc) is 1.72. The van der Waals surface area contributed by atoms with Crippen LogP contribution in [0.3, 0.4) is 0 Å². The van der Waals surface area contributed by atoms with Gasteiger partial charge in [0.1, 0.15) is 23.2 Å². The minimum absolute atomic E-state index is 0.0405. The number of hydrogen-bond acceptors (Lipinski definition) is 16. The van der Waals surface area contributed by atoms with Crippen LogP contribution >= 0.6 is 0 Å². The van der Waals surface area contributed by atoms with Crippen molar-refractivity contribution in [2.45, 2.75) is 213 Å². The normalized spacial score (nSPS) is 20.6. The summed E-state index contributed by atoms with van der Waals surface area (Å²) in [6.07, 6.45) is 14.7. The van der Waals surface area contributed by atoms with Crippen LogP contribution in [-0.4, -0.2) is 74.4 Å². The van der Waals surface area contributed by atoms with Crippen LogP contribution in [0.4, 0.5) is 0 Å². The van der Waals surface area contributed by atoms with Gasteiger partial charge in [0, 0.05) is 35.4 Å². The van der Waals surface area contributed by atoms with Gasteiger partial charge in [-0.3, -0.25) is 38.4 Å². The zero-order chi connectivity index (χ0) is 69.8. The molecule has 0 spiro atoms. The summed E-state index contributed by atoms with van der Waals surface area (Å²) < 4.78 is 35.3. The maximum atomic E-state index is 12.0. The van der Waals surface area contributed by atoms with Gasteiger partial charge in [-0.15, -0.1) is 0 Å². The number of ketones is 1. The highest BCUT2D eigenvalue weighted by Crippen LogP contribution is 2.50. The Bertz CT molecular complexity index is 3230. The van der Waals surface area contributed by atoms with Gasteiger partial charge in [-0.25, -0.2) is 13.1 Å². The Kier molecular flexibility index (Phi) is 28.6. The van der Waals surface area contributed by atoms with E-state index >= 15 is 0 Å². The van der Waals surface area contributed by atoms with Gasteiger partial charge in [0.25, 0.3) is 0 Å². The van der Waals surface area contributed by atoms with Crippen molar-refractivity contribution >= 4 is 47.6 Å². The molecule has 18 heteroatoms. The quantitative estimate of drug-likeness (QED) is 0.0829. The number of carbonyl (C=O) groups is 8.